The fraction of sp³-hybridized carbons (Fsp3) is 0.432. The van der Waals surface area contributed by atoms with E-state index in [9.17, 15) is 19.5 Å². The van der Waals surface area contributed by atoms with Gasteiger partial charge in [-0.15, -0.1) is 0 Å². The van der Waals surface area contributed by atoms with Crippen LogP contribution in [0, 0.1) is 18.8 Å². The molecular weight excluding hydrogens is 608 g/mol. The average molecular weight is 655 g/mol. The molecule has 2 aliphatic rings. The highest BCUT2D eigenvalue weighted by Crippen LogP contribution is 2.30. The maximum atomic E-state index is 13.7. The summed E-state index contributed by atoms with van der Waals surface area (Å²) in [6, 6.07) is 18.3. The number of oxazole rings is 1. The Kier molecular flexibility index (Phi) is 10.7. The van der Waals surface area contributed by atoms with Crippen LogP contribution in [0.1, 0.15) is 60.0 Å². The molecular formula is C37H46N6O5. The predicted molar refractivity (Wildman–Crippen MR) is 187 cm³/mol. The molecule has 4 aromatic rings. The summed E-state index contributed by atoms with van der Waals surface area (Å²) in [6.07, 6.45) is 4.98. The molecule has 1 saturated heterocycles. The number of amides is 2. The zero-order chi connectivity index (χ0) is 33.6. The van der Waals surface area contributed by atoms with Crippen molar-refractivity contribution in [2.75, 3.05) is 25.0 Å². The van der Waals surface area contributed by atoms with Crippen LogP contribution >= 0.6 is 0 Å². The lowest BCUT2D eigenvalue weighted by atomic mass is 9.81. The number of aliphatic hydroxyl groups excluding tert-OH is 1. The van der Waals surface area contributed by atoms with Gasteiger partial charge in [-0.25, -0.2) is 4.79 Å². The number of aryl methyl sites for hydroxylation is 1. The second-order valence-electron chi connectivity index (χ2n) is 13.3. The van der Waals surface area contributed by atoms with Crippen LogP contribution in [0.25, 0.3) is 22.2 Å². The van der Waals surface area contributed by atoms with E-state index in [0.29, 0.717) is 41.2 Å². The molecule has 2 amide bonds. The fourth-order valence-corrected chi connectivity index (χ4v) is 6.98. The number of nitrogens with one attached hydrogen (secondary N) is 5. The van der Waals surface area contributed by atoms with Gasteiger partial charge >= 0.3 is 5.76 Å². The minimum atomic E-state index is -0.850. The highest BCUT2D eigenvalue weighted by Gasteiger charge is 2.30. The Labute approximate surface area is 280 Å². The first-order valence-electron chi connectivity index (χ1n) is 17.0. The third-order valence-corrected chi connectivity index (χ3v) is 9.92. The lowest BCUT2D eigenvalue weighted by molar-refractivity contribution is -0.119. The first kappa shape index (κ1) is 33.6. The number of hydrogen-bond donors (Lipinski definition) is 7. The van der Waals surface area contributed by atoms with Crippen molar-refractivity contribution in [2.24, 2.45) is 17.6 Å². The molecule has 1 saturated carbocycles. The van der Waals surface area contributed by atoms with Crippen LogP contribution < -0.4 is 32.8 Å². The highest BCUT2D eigenvalue weighted by atomic mass is 16.4. The second kappa shape index (κ2) is 15.3. The summed E-state index contributed by atoms with van der Waals surface area (Å²) in [5, 5.41) is 23.8. The molecule has 2 atom stereocenters. The normalized spacial score (nSPS) is 19.9. The van der Waals surface area contributed by atoms with Gasteiger partial charge in [0, 0.05) is 23.4 Å². The lowest BCUT2D eigenvalue weighted by Gasteiger charge is -2.33. The molecule has 2 heterocycles. The number of anilines is 1. The van der Waals surface area contributed by atoms with Crippen LogP contribution in [-0.4, -0.2) is 59.9 Å². The number of aromatic amines is 1. The molecule has 11 nitrogen and oxygen atoms in total. The zero-order valence-corrected chi connectivity index (χ0v) is 27.4. The number of fused-ring (bicyclic) bond motifs is 1. The minimum absolute atomic E-state index is 0.0312. The topological polar surface area (TPSA) is 175 Å². The Balaban J connectivity index is 1.15. The molecule has 0 radical (unpaired) electrons. The minimum Gasteiger partial charge on any atom is -0.408 e. The first-order valence-corrected chi connectivity index (χ1v) is 17.0. The summed E-state index contributed by atoms with van der Waals surface area (Å²) in [5.41, 5.74) is 11.9. The van der Waals surface area contributed by atoms with E-state index < -0.39 is 18.0 Å². The monoisotopic (exact) mass is 654 g/mol. The first-order chi connectivity index (χ1) is 23.2. The maximum absolute atomic E-state index is 13.7. The van der Waals surface area contributed by atoms with Crippen LogP contribution in [-0.2, 0) is 11.2 Å². The summed E-state index contributed by atoms with van der Waals surface area (Å²) in [5.74, 6) is -0.404. The third kappa shape index (κ3) is 8.22. The van der Waals surface area contributed by atoms with E-state index >= 15 is 0 Å². The second-order valence-corrected chi connectivity index (χ2v) is 13.3. The molecule has 0 spiro atoms. The fourth-order valence-electron chi connectivity index (χ4n) is 6.98. The van der Waals surface area contributed by atoms with Crippen molar-refractivity contribution in [3.8, 4) is 11.1 Å². The van der Waals surface area contributed by atoms with E-state index in [1.165, 1.54) is 0 Å². The number of benzene rings is 3. The molecule has 6 rings (SSSR count). The van der Waals surface area contributed by atoms with Gasteiger partial charge in [0.05, 0.1) is 11.6 Å². The van der Waals surface area contributed by atoms with Crippen LogP contribution in [0.3, 0.4) is 0 Å². The van der Waals surface area contributed by atoms with Crippen LogP contribution in [0.2, 0.25) is 0 Å². The number of nitrogens with two attached hydrogens (primary N) is 1. The number of hydrogen-bond acceptors (Lipinski definition) is 8. The van der Waals surface area contributed by atoms with Crippen molar-refractivity contribution < 1.29 is 19.1 Å². The summed E-state index contributed by atoms with van der Waals surface area (Å²) in [4.78, 5) is 40.8. The van der Waals surface area contributed by atoms with E-state index in [2.05, 4.69) is 26.3 Å². The molecule has 1 aliphatic carbocycles. The smallest absolute Gasteiger partial charge is 0.408 e. The molecule has 1 aromatic heterocycles. The Morgan fingerprint density at radius 1 is 0.979 bits per heavy atom. The van der Waals surface area contributed by atoms with Crippen LogP contribution in [0.5, 0.6) is 0 Å². The summed E-state index contributed by atoms with van der Waals surface area (Å²) in [7, 11) is 0. The molecule has 1 aliphatic heterocycles. The molecule has 2 unspecified atom stereocenters. The van der Waals surface area contributed by atoms with Gasteiger partial charge in [-0.2, -0.15) is 0 Å². The molecule has 48 heavy (non-hydrogen) atoms. The number of carbonyl (C=O) groups excluding carboxylic acids is 2. The Hall–Kier alpha value is -4.29. The Morgan fingerprint density at radius 2 is 1.73 bits per heavy atom. The van der Waals surface area contributed by atoms with Crippen molar-refractivity contribution in [1.29, 1.82) is 0 Å². The molecule has 3 aromatic carbocycles. The maximum Gasteiger partial charge on any atom is 0.417 e. The number of H-pyrrole nitrogens is 1. The quantitative estimate of drug-likeness (QED) is 0.120. The Morgan fingerprint density at radius 3 is 2.44 bits per heavy atom. The van der Waals surface area contributed by atoms with E-state index in [1.54, 1.807) is 18.2 Å². The van der Waals surface area contributed by atoms with Gasteiger partial charge in [0.25, 0.3) is 5.91 Å². The number of carbonyl (C=O) groups is 2. The number of piperidine rings is 1. The van der Waals surface area contributed by atoms with Crippen molar-refractivity contribution in [1.82, 2.24) is 20.9 Å². The largest absolute Gasteiger partial charge is 0.417 e. The van der Waals surface area contributed by atoms with Gasteiger partial charge in [0.15, 0.2) is 5.58 Å². The number of rotatable bonds is 11. The predicted octanol–water partition coefficient (Wildman–Crippen LogP) is 3.80. The zero-order valence-electron chi connectivity index (χ0n) is 27.4. The van der Waals surface area contributed by atoms with Crippen LogP contribution in [0.15, 0.2) is 69.9 Å². The molecule has 8 N–H and O–H groups in total. The van der Waals surface area contributed by atoms with Gasteiger partial charge in [-0.3, -0.25) is 19.9 Å². The van der Waals surface area contributed by atoms with Gasteiger partial charge in [0.2, 0.25) is 5.91 Å². The van der Waals surface area contributed by atoms with Crippen LogP contribution in [0.4, 0.5) is 5.69 Å². The van der Waals surface area contributed by atoms with Gasteiger partial charge in [0.1, 0.15) is 6.23 Å². The van der Waals surface area contributed by atoms with Crippen molar-refractivity contribution in [3.63, 3.8) is 0 Å². The number of aromatic nitrogens is 1. The van der Waals surface area contributed by atoms with E-state index in [0.717, 1.165) is 73.9 Å². The van der Waals surface area contributed by atoms with Crippen molar-refractivity contribution in [3.05, 3.63) is 87.9 Å². The lowest BCUT2D eigenvalue weighted by Crippen LogP contribution is -2.50. The average Bonchev–Trinajstić information content (AvgIpc) is 3.48. The Bertz CT molecular complexity index is 1770. The summed E-state index contributed by atoms with van der Waals surface area (Å²) >= 11 is 0. The van der Waals surface area contributed by atoms with Crippen molar-refractivity contribution >= 4 is 28.6 Å². The van der Waals surface area contributed by atoms with E-state index in [1.807, 2.05) is 49.4 Å². The third-order valence-electron chi connectivity index (χ3n) is 9.92. The van der Waals surface area contributed by atoms with Crippen molar-refractivity contribution in [2.45, 2.75) is 70.2 Å². The molecule has 0 bridgehead atoms. The molecule has 11 heteroatoms. The van der Waals surface area contributed by atoms with E-state index in [-0.39, 0.29) is 23.8 Å². The SMILES string of the molecule is Cc1cc(C(=O)NC2CCNCC2)ccc1-c1ccc(CC(NC(O)C2CCC(CN)CC2)C(=O)Nc2ccc3[nH]c(=O)oc3c2)cc1. The molecule has 254 valence electrons. The van der Waals surface area contributed by atoms with Gasteiger partial charge < -0.3 is 31.2 Å². The highest BCUT2D eigenvalue weighted by molar-refractivity contribution is 5.97. The summed E-state index contributed by atoms with van der Waals surface area (Å²) in [6.45, 7) is 4.50. The summed E-state index contributed by atoms with van der Waals surface area (Å²) < 4.78 is 5.16. The number of aliphatic hydroxyl groups is 1. The van der Waals surface area contributed by atoms with Gasteiger partial charge in [-0.05, 0) is 130 Å². The van der Waals surface area contributed by atoms with Gasteiger partial charge in [-0.1, -0.05) is 30.3 Å². The standard InChI is InChI=1S/C37H46N6O5/c1-22-18-27(35(45)40-28-14-16-39-17-15-28)10-12-30(22)25-6-2-23(3-7-25)19-32(42-34(44)26-8-4-24(21-38)5-9-26)36(46)41-29-11-13-31-33(20-29)48-37(47)43-31/h2-3,6-7,10-13,18,20,24,26,28,32,34,39,42,44H,4-5,8-9,14-17,19,21,38H2,1H3,(H,40,45)(H,41,46)(H,43,47). The van der Waals surface area contributed by atoms with E-state index in [4.69, 9.17) is 10.2 Å². The molecule has 2 fully saturated rings.